The fourth-order valence-corrected chi connectivity index (χ4v) is 3.67. The van der Waals surface area contributed by atoms with E-state index in [1.165, 1.54) is 4.90 Å². The number of aromatic hydroxyl groups is 1. The summed E-state index contributed by atoms with van der Waals surface area (Å²) < 4.78 is 5.37. The van der Waals surface area contributed by atoms with Gasteiger partial charge in [0, 0.05) is 51.6 Å². The second-order valence-electron chi connectivity index (χ2n) is 7.05. The number of amides is 2. The Balaban J connectivity index is 1.51. The van der Waals surface area contributed by atoms with E-state index >= 15 is 0 Å². The minimum Gasteiger partial charge on any atom is -0.508 e. The number of aliphatic hydroxyl groups excluding tert-OH is 1. The minimum atomic E-state index is -0.752. The molecule has 8 heteroatoms. The maximum Gasteiger partial charge on any atom is 0.229 e. The Labute approximate surface area is 158 Å². The molecule has 2 aliphatic rings. The minimum absolute atomic E-state index is 0.0677. The molecule has 1 aromatic carbocycles. The van der Waals surface area contributed by atoms with E-state index in [1.54, 1.807) is 25.3 Å². The molecule has 2 saturated heterocycles. The summed E-state index contributed by atoms with van der Waals surface area (Å²) in [6.07, 6.45) is 0.606. The molecule has 148 valence electrons. The number of piperazine rings is 1. The number of carbonyl (C=O) groups excluding carboxylic acids is 2. The highest BCUT2D eigenvalue weighted by atomic mass is 16.5. The molecule has 0 saturated carbocycles. The molecule has 0 bridgehead atoms. The van der Waals surface area contributed by atoms with E-state index in [1.807, 2.05) is 0 Å². The van der Waals surface area contributed by atoms with Gasteiger partial charge in [0.15, 0.2) is 0 Å². The number of aliphatic hydroxyl groups is 1. The summed E-state index contributed by atoms with van der Waals surface area (Å²) in [6.45, 7) is 3.41. The smallest absolute Gasteiger partial charge is 0.229 e. The van der Waals surface area contributed by atoms with Crippen molar-refractivity contribution in [3.05, 3.63) is 18.2 Å². The normalized spacial score (nSPS) is 20.1. The number of hydrogen-bond donors (Lipinski definition) is 2. The monoisotopic (exact) mass is 377 g/mol. The number of ether oxygens (including phenoxy) is 1. The number of benzene rings is 1. The van der Waals surface area contributed by atoms with Crippen LogP contribution in [0.5, 0.6) is 11.5 Å². The molecule has 2 N–H and O–H groups in total. The van der Waals surface area contributed by atoms with Crippen molar-refractivity contribution in [3.8, 4) is 11.5 Å². The van der Waals surface area contributed by atoms with Crippen molar-refractivity contribution >= 4 is 17.5 Å². The van der Waals surface area contributed by atoms with Crippen LogP contribution < -0.4 is 9.64 Å². The standard InChI is InChI=1S/C19H27N3O5/c1-27-17-6-5-14(23)11-16(17)21-9-7-20(8-10-21)12-15(24)13-22-18(25)3-2-4-19(22)26/h5-6,11,15,23-24H,2-4,7-10,12-13H2,1H3. The summed E-state index contributed by atoms with van der Waals surface area (Å²) in [4.78, 5) is 29.2. The first-order valence-corrected chi connectivity index (χ1v) is 9.33. The number of piperidine rings is 1. The van der Waals surface area contributed by atoms with Gasteiger partial charge in [-0.25, -0.2) is 0 Å². The zero-order valence-corrected chi connectivity index (χ0v) is 15.6. The average Bonchev–Trinajstić information content (AvgIpc) is 2.65. The highest BCUT2D eigenvalue weighted by Gasteiger charge is 2.29. The van der Waals surface area contributed by atoms with Gasteiger partial charge in [-0.3, -0.25) is 19.4 Å². The Kier molecular flexibility index (Phi) is 6.18. The van der Waals surface area contributed by atoms with Crippen molar-refractivity contribution in [1.29, 1.82) is 0 Å². The predicted octanol–water partition coefficient (Wildman–Crippen LogP) is 0.423. The Morgan fingerprint density at radius 2 is 1.74 bits per heavy atom. The number of phenols is 1. The molecular formula is C19H27N3O5. The molecule has 0 aliphatic carbocycles. The fourth-order valence-electron chi connectivity index (χ4n) is 3.67. The second kappa shape index (κ2) is 8.58. The van der Waals surface area contributed by atoms with Crippen molar-refractivity contribution in [2.45, 2.75) is 25.4 Å². The summed E-state index contributed by atoms with van der Waals surface area (Å²) in [5.74, 6) is 0.528. The number of carbonyl (C=O) groups is 2. The van der Waals surface area contributed by atoms with Crippen molar-refractivity contribution in [3.63, 3.8) is 0 Å². The highest BCUT2D eigenvalue weighted by Crippen LogP contribution is 2.32. The lowest BCUT2D eigenvalue weighted by Gasteiger charge is -2.38. The molecule has 0 aromatic heterocycles. The lowest BCUT2D eigenvalue weighted by molar-refractivity contribution is -0.149. The Hall–Kier alpha value is -2.32. The first kappa shape index (κ1) is 19.4. The van der Waals surface area contributed by atoms with Crippen LogP contribution in [0.3, 0.4) is 0 Å². The van der Waals surface area contributed by atoms with E-state index in [4.69, 9.17) is 4.74 Å². The van der Waals surface area contributed by atoms with E-state index in [-0.39, 0.29) is 24.1 Å². The highest BCUT2D eigenvalue weighted by molar-refractivity contribution is 5.97. The van der Waals surface area contributed by atoms with E-state index in [0.29, 0.717) is 31.6 Å². The molecule has 0 radical (unpaired) electrons. The van der Waals surface area contributed by atoms with Crippen LogP contribution >= 0.6 is 0 Å². The lowest BCUT2D eigenvalue weighted by atomic mass is 10.1. The van der Waals surface area contributed by atoms with E-state index in [0.717, 1.165) is 31.9 Å². The predicted molar refractivity (Wildman–Crippen MR) is 99.9 cm³/mol. The molecule has 2 aliphatic heterocycles. The molecule has 2 fully saturated rings. The Morgan fingerprint density at radius 3 is 2.37 bits per heavy atom. The zero-order chi connectivity index (χ0) is 19.4. The topological polar surface area (TPSA) is 93.6 Å². The second-order valence-corrected chi connectivity index (χ2v) is 7.05. The largest absolute Gasteiger partial charge is 0.508 e. The van der Waals surface area contributed by atoms with Crippen LogP contribution in [0, 0.1) is 0 Å². The number of anilines is 1. The first-order chi connectivity index (χ1) is 13.0. The lowest BCUT2D eigenvalue weighted by Crippen LogP contribution is -2.51. The van der Waals surface area contributed by atoms with Gasteiger partial charge >= 0.3 is 0 Å². The maximum atomic E-state index is 11.9. The quantitative estimate of drug-likeness (QED) is 0.694. The van der Waals surface area contributed by atoms with Crippen LogP contribution in [0.2, 0.25) is 0 Å². The zero-order valence-electron chi connectivity index (χ0n) is 15.6. The summed E-state index contributed by atoms with van der Waals surface area (Å²) in [6, 6.07) is 5.03. The van der Waals surface area contributed by atoms with Crippen LogP contribution in [0.25, 0.3) is 0 Å². The first-order valence-electron chi connectivity index (χ1n) is 9.33. The van der Waals surface area contributed by atoms with Crippen LogP contribution in [0.1, 0.15) is 19.3 Å². The van der Waals surface area contributed by atoms with Crippen molar-refractivity contribution in [2.75, 3.05) is 51.3 Å². The molecule has 2 amide bonds. The number of hydrogen-bond acceptors (Lipinski definition) is 7. The van der Waals surface area contributed by atoms with Crippen LogP contribution in [0.4, 0.5) is 5.69 Å². The molecule has 8 nitrogen and oxygen atoms in total. The molecule has 2 heterocycles. The van der Waals surface area contributed by atoms with Gasteiger partial charge in [-0.1, -0.05) is 0 Å². The number of rotatable bonds is 6. The number of imide groups is 1. The number of methoxy groups -OCH3 is 1. The molecule has 1 atom stereocenters. The van der Waals surface area contributed by atoms with E-state index in [2.05, 4.69) is 9.80 Å². The Morgan fingerprint density at radius 1 is 1.07 bits per heavy atom. The third-order valence-electron chi connectivity index (χ3n) is 5.12. The average molecular weight is 377 g/mol. The number of phenolic OH excluding ortho intramolecular Hbond substituents is 1. The fraction of sp³-hybridized carbons (Fsp3) is 0.579. The molecule has 3 rings (SSSR count). The maximum absolute atomic E-state index is 11.9. The van der Waals surface area contributed by atoms with Gasteiger partial charge in [0.05, 0.1) is 25.4 Å². The molecule has 1 aromatic rings. The van der Waals surface area contributed by atoms with Gasteiger partial charge in [0.2, 0.25) is 11.8 Å². The van der Waals surface area contributed by atoms with E-state index in [9.17, 15) is 19.8 Å². The molecule has 27 heavy (non-hydrogen) atoms. The summed E-state index contributed by atoms with van der Waals surface area (Å²) in [7, 11) is 1.60. The molecule has 1 unspecified atom stereocenters. The van der Waals surface area contributed by atoms with Crippen molar-refractivity contribution in [1.82, 2.24) is 9.80 Å². The van der Waals surface area contributed by atoms with E-state index < -0.39 is 6.10 Å². The number of nitrogens with zero attached hydrogens (tertiary/aromatic N) is 3. The Bertz CT molecular complexity index is 672. The van der Waals surface area contributed by atoms with Gasteiger partial charge in [0.1, 0.15) is 11.5 Å². The number of β-amino-alcohol motifs (C(OH)–C–C–N with tert-alkyl or cyclic N) is 1. The van der Waals surface area contributed by atoms with Gasteiger partial charge in [-0.05, 0) is 18.6 Å². The van der Waals surface area contributed by atoms with Crippen LogP contribution in [0.15, 0.2) is 18.2 Å². The van der Waals surface area contributed by atoms with Crippen LogP contribution in [-0.4, -0.2) is 84.3 Å². The summed E-state index contributed by atoms with van der Waals surface area (Å²) in [5.41, 5.74) is 0.849. The number of likely N-dealkylation sites (tertiary alicyclic amines) is 1. The SMILES string of the molecule is COc1ccc(O)cc1N1CCN(CC(O)CN2C(=O)CCCC2=O)CC1. The van der Waals surface area contributed by atoms with Gasteiger partial charge in [0.25, 0.3) is 0 Å². The summed E-state index contributed by atoms with van der Waals surface area (Å²) in [5, 5.41) is 20.1. The van der Waals surface area contributed by atoms with Crippen molar-refractivity contribution in [2.24, 2.45) is 0 Å². The molecule has 0 spiro atoms. The van der Waals surface area contributed by atoms with Gasteiger partial charge in [-0.2, -0.15) is 0 Å². The van der Waals surface area contributed by atoms with Crippen LogP contribution in [-0.2, 0) is 9.59 Å². The molecular weight excluding hydrogens is 350 g/mol. The third-order valence-corrected chi connectivity index (χ3v) is 5.12. The van der Waals surface area contributed by atoms with Gasteiger partial charge < -0.3 is 19.8 Å². The van der Waals surface area contributed by atoms with Crippen molar-refractivity contribution < 1.29 is 24.5 Å². The van der Waals surface area contributed by atoms with Gasteiger partial charge in [-0.15, -0.1) is 0 Å². The summed E-state index contributed by atoms with van der Waals surface area (Å²) >= 11 is 0. The third kappa shape index (κ3) is 4.70.